The summed E-state index contributed by atoms with van der Waals surface area (Å²) in [5.74, 6) is 0. The third-order valence-electron chi connectivity index (χ3n) is 3.18. The summed E-state index contributed by atoms with van der Waals surface area (Å²) < 4.78 is 0. The average molecular weight is 270 g/mol. The lowest BCUT2D eigenvalue weighted by Crippen LogP contribution is -2.42. The molecule has 0 amide bonds. The van der Waals surface area contributed by atoms with E-state index in [1.54, 1.807) is 6.07 Å². The number of likely N-dealkylation sites (tertiary alicyclic amines) is 1. The molecule has 6 heteroatoms. The Kier molecular flexibility index (Phi) is 4.16. The number of nitrogens with zero attached hydrogens (tertiary/aromatic N) is 2. The summed E-state index contributed by atoms with van der Waals surface area (Å²) in [6.07, 6.45) is 2.15. The smallest absolute Gasteiger partial charge is 0.270 e. The van der Waals surface area contributed by atoms with Crippen LogP contribution in [0.15, 0.2) is 18.2 Å². The van der Waals surface area contributed by atoms with Crippen LogP contribution in [0.5, 0.6) is 0 Å². The normalized spacial score (nSPS) is 20.9. The van der Waals surface area contributed by atoms with E-state index >= 15 is 0 Å². The number of hydrogen-bond acceptors (Lipinski definition) is 4. The minimum absolute atomic E-state index is 0.0269. The van der Waals surface area contributed by atoms with Crippen LogP contribution in [0, 0.1) is 10.1 Å². The van der Waals surface area contributed by atoms with E-state index in [4.69, 9.17) is 17.3 Å². The standard InChI is InChI=1S/C12H16ClN3O2/c13-12-6-11(16(17)18)4-3-9(12)7-15-5-1-2-10(14)8-15/h3-4,6,10H,1-2,5,7-8,14H2/t10-/m1/s1. The van der Waals surface area contributed by atoms with Crippen molar-refractivity contribution >= 4 is 17.3 Å². The molecule has 5 nitrogen and oxygen atoms in total. The zero-order valence-corrected chi connectivity index (χ0v) is 10.8. The van der Waals surface area contributed by atoms with Gasteiger partial charge in [-0.15, -0.1) is 0 Å². The van der Waals surface area contributed by atoms with Crippen LogP contribution >= 0.6 is 11.6 Å². The van der Waals surface area contributed by atoms with Crippen molar-refractivity contribution in [1.82, 2.24) is 4.90 Å². The van der Waals surface area contributed by atoms with Gasteiger partial charge in [0.05, 0.1) is 9.95 Å². The van der Waals surface area contributed by atoms with E-state index in [2.05, 4.69) is 4.90 Å². The molecule has 1 aromatic rings. The maximum Gasteiger partial charge on any atom is 0.270 e. The van der Waals surface area contributed by atoms with Gasteiger partial charge in [-0.25, -0.2) is 0 Å². The molecule has 1 fully saturated rings. The second-order valence-electron chi connectivity index (χ2n) is 4.67. The molecule has 1 atom stereocenters. The molecule has 18 heavy (non-hydrogen) atoms. The quantitative estimate of drug-likeness (QED) is 0.674. The minimum atomic E-state index is -0.438. The summed E-state index contributed by atoms with van der Waals surface area (Å²) in [6, 6.07) is 4.84. The maximum absolute atomic E-state index is 10.6. The van der Waals surface area contributed by atoms with Crippen LogP contribution in [-0.4, -0.2) is 29.0 Å². The molecule has 0 bridgehead atoms. The van der Waals surface area contributed by atoms with Crippen LogP contribution in [0.2, 0.25) is 5.02 Å². The second kappa shape index (κ2) is 5.65. The third kappa shape index (κ3) is 3.19. The first-order chi connectivity index (χ1) is 8.56. The van der Waals surface area contributed by atoms with Gasteiger partial charge in [0.2, 0.25) is 0 Å². The van der Waals surface area contributed by atoms with Crippen molar-refractivity contribution in [2.75, 3.05) is 13.1 Å². The van der Waals surface area contributed by atoms with E-state index in [1.807, 2.05) is 0 Å². The molecule has 0 spiro atoms. The van der Waals surface area contributed by atoms with Crippen LogP contribution in [0.4, 0.5) is 5.69 Å². The molecule has 0 radical (unpaired) electrons. The predicted molar refractivity (Wildman–Crippen MR) is 70.6 cm³/mol. The first-order valence-corrected chi connectivity index (χ1v) is 6.35. The molecule has 0 aromatic heterocycles. The highest BCUT2D eigenvalue weighted by atomic mass is 35.5. The Balaban J connectivity index is 2.07. The van der Waals surface area contributed by atoms with Crippen molar-refractivity contribution in [1.29, 1.82) is 0 Å². The highest BCUT2D eigenvalue weighted by Crippen LogP contribution is 2.24. The monoisotopic (exact) mass is 269 g/mol. The maximum atomic E-state index is 10.6. The molecule has 2 rings (SSSR count). The van der Waals surface area contributed by atoms with E-state index in [0.717, 1.165) is 31.5 Å². The van der Waals surface area contributed by atoms with Gasteiger partial charge >= 0.3 is 0 Å². The molecular weight excluding hydrogens is 254 g/mol. The van der Waals surface area contributed by atoms with Crippen molar-refractivity contribution < 1.29 is 4.92 Å². The Bertz CT molecular complexity index is 453. The fourth-order valence-electron chi connectivity index (χ4n) is 2.25. The fourth-order valence-corrected chi connectivity index (χ4v) is 2.49. The zero-order chi connectivity index (χ0) is 13.1. The van der Waals surface area contributed by atoms with Crippen molar-refractivity contribution in [3.63, 3.8) is 0 Å². The molecule has 1 aliphatic heterocycles. The summed E-state index contributed by atoms with van der Waals surface area (Å²) in [4.78, 5) is 12.4. The lowest BCUT2D eigenvalue weighted by atomic mass is 10.1. The summed E-state index contributed by atoms with van der Waals surface area (Å²) in [5.41, 5.74) is 6.86. The van der Waals surface area contributed by atoms with Crippen molar-refractivity contribution in [2.45, 2.75) is 25.4 Å². The van der Waals surface area contributed by atoms with Gasteiger partial charge in [0.15, 0.2) is 0 Å². The molecule has 1 aliphatic rings. The number of piperidine rings is 1. The van der Waals surface area contributed by atoms with Crippen LogP contribution in [-0.2, 0) is 6.54 Å². The highest BCUT2D eigenvalue weighted by Gasteiger charge is 2.18. The number of non-ortho nitro benzene ring substituents is 1. The van der Waals surface area contributed by atoms with Gasteiger partial charge in [-0.1, -0.05) is 11.6 Å². The molecule has 2 N–H and O–H groups in total. The fraction of sp³-hybridized carbons (Fsp3) is 0.500. The minimum Gasteiger partial charge on any atom is -0.327 e. The largest absolute Gasteiger partial charge is 0.327 e. The molecule has 98 valence electrons. The molecule has 1 aromatic carbocycles. The van der Waals surface area contributed by atoms with Crippen molar-refractivity contribution in [3.05, 3.63) is 38.9 Å². The number of benzene rings is 1. The Morgan fingerprint density at radius 2 is 2.33 bits per heavy atom. The van der Waals surface area contributed by atoms with E-state index in [-0.39, 0.29) is 11.7 Å². The Labute approximate surface area is 111 Å². The van der Waals surface area contributed by atoms with Gasteiger partial charge in [0.1, 0.15) is 0 Å². The predicted octanol–water partition coefficient (Wildman–Crippen LogP) is 2.17. The van der Waals surface area contributed by atoms with Gasteiger partial charge in [-0.2, -0.15) is 0 Å². The van der Waals surface area contributed by atoms with Gasteiger partial charge in [-0.05, 0) is 31.0 Å². The number of rotatable bonds is 3. The lowest BCUT2D eigenvalue weighted by Gasteiger charge is -2.30. The summed E-state index contributed by atoms with van der Waals surface area (Å²) in [7, 11) is 0. The number of nitro benzene ring substituents is 1. The van der Waals surface area contributed by atoms with Crippen LogP contribution in [0.1, 0.15) is 18.4 Å². The van der Waals surface area contributed by atoms with Gasteiger partial charge < -0.3 is 5.73 Å². The molecule has 0 aliphatic carbocycles. The molecule has 0 saturated carbocycles. The Morgan fingerprint density at radius 1 is 1.56 bits per heavy atom. The van der Waals surface area contributed by atoms with Gasteiger partial charge in [0, 0.05) is 31.3 Å². The highest BCUT2D eigenvalue weighted by molar-refractivity contribution is 6.31. The van der Waals surface area contributed by atoms with Crippen molar-refractivity contribution in [3.8, 4) is 0 Å². The van der Waals surface area contributed by atoms with Gasteiger partial charge in [0.25, 0.3) is 5.69 Å². The van der Waals surface area contributed by atoms with Crippen LogP contribution in [0.3, 0.4) is 0 Å². The number of nitro groups is 1. The zero-order valence-electron chi connectivity index (χ0n) is 10.0. The van der Waals surface area contributed by atoms with E-state index in [9.17, 15) is 10.1 Å². The molecular formula is C12H16ClN3O2. The molecule has 1 saturated heterocycles. The number of halogens is 1. The topological polar surface area (TPSA) is 72.4 Å². The number of nitrogens with two attached hydrogens (primary N) is 1. The average Bonchev–Trinajstić information content (AvgIpc) is 2.31. The SMILES string of the molecule is N[C@@H]1CCCN(Cc2ccc([N+](=O)[O-])cc2Cl)C1. The lowest BCUT2D eigenvalue weighted by molar-refractivity contribution is -0.384. The first-order valence-electron chi connectivity index (χ1n) is 5.97. The Morgan fingerprint density at radius 3 is 2.94 bits per heavy atom. The van der Waals surface area contributed by atoms with Crippen LogP contribution in [0.25, 0.3) is 0 Å². The second-order valence-corrected chi connectivity index (χ2v) is 5.08. The third-order valence-corrected chi connectivity index (χ3v) is 3.54. The summed E-state index contributed by atoms with van der Waals surface area (Å²) >= 11 is 6.07. The summed E-state index contributed by atoms with van der Waals surface area (Å²) in [5, 5.41) is 11.1. The van der Waals surface area contributed by atoms with Gasteiger partial charge in [-0.3, -0.25) is 15.0 Å². The molecule has 0 unspecified atom stereocenters. The van der Waals surface area contributed by atoms with E-state index in [0.29, 0.717) is 11.6 Å². The van der Waals surface area contributed by atoms with E-state index in [1.165, 1.54) is 12.1 Å². The first kappa shape index (κ1) is 13.3. The Hall–Kier alpha value is -1.17. The molecule has 1 heterocycles. The summed E-state index contributed by atoms with van der Waals surface area (Å²) in [6.45, 7) is 2.55. The van der Waals surface area contributed by atoms with Crippen LogP contribution < -0.4 is 5.73 Å². The van der Waals surface area contributed by atoms with Crippen molar-refractivity contribution in [2.24, 2.45) is 5.73 Å². The van der Waals surface area contributed by atoms with E-state index < -0.39 is 4.92 Å². The number of hydrogen-bond donors (Lipinski definition) is 1.